The zero-order chi connectivity index (χ0) is 14.1. The van der Waals surface area contributed by atoms with Gasteiger partial charge in [0, 0.05) is 18.5 Å². The first kappa shape index (κ1) is 13.6. The summed E-state index contributed by atoms with van der Waals surface area (Å²) in [6, 6.07) is 6.96. The van der Waals surface area contributed by atoms with Crippen molar-refractivity contribution in [1.29, 1.82) is 0 Å². The molecule has 1 aromatic carbocycles. The molecule has 0 unspecified atom stereocenters. The molecule has 2 fully saturated rings. The van der Waals surface area contributed by atoms with Gasteiger partial charge in [0.2, 0.25) is 5.91 Å². The summed E-state index contributed by atoms with van der Waals surface area (Å²) >= 11 is 0. The van der Waals surface area contributed by atoms with Gasteiger partial charge in [-0.25, -0.2) is 4.39 Å². The van der Waals surface area contributed by atoms with Crippen molar-refractivity contribution in [3.8, 4) is 0 Å². The monoisotopic (exact) mass is 276 g/mol. The molecule has 0 spiro atoms. The Morgan fingerprint density at radius 1 is 1.35 bits per heavy atom. The number of carbonyl (C=O) groups excluding carboxylic acids is 1. The van der Waals surface area contributed by atoms with Crippen LogP contribution in [0.15, 0.2) is 24.3 Å². The summed E-state index contributed by atoms with van der Waals surface area (Å²) in [5, 5.41) is 3.28. The highest BCUT2D eigenvalue weighted by Crippen LogP contribution is 2.32. The fraction of sp³-hybridized carbons (Fsp3) is 0.562. The van der Waals surface area contributed by atoms with Gasteiger partial charge in [-0.3, -0.25) is 4.79 Å². The predicted molar refractivity (Wildman–Crippen MR) is 76.0 cm³/mol. The standard InChI is InChI=1S/C16H21FN2O/c1-11-9-13(12-4-6-14(17)7-5-12)10-19(11)16(20)15-3-2-8-18-15/h4-7,11,13,15,18H,2-3,8-10H2,1H3/t11-,13-,15+/m1/s1. The predicted octanol–water partition coefficient (Wildman–Crippen LogP) is 2.28. The van der Waals surface area contributed by atoms with Gasteiger partial charge in [0.15, 0.2) is 0 Å². The highest BCUT2D eigenvalue weighted by molar-refractivity contribution is 5.82. The number of nitrogens with zero attached hydrogens (tertiary/aromatic N) is 1. The Morgan fingerprint density at radius 3 is 2.75 bits per heavy atom. The van der Waals surface area contributed by atoms with Gasteiger partial charge in [0.1, 0.15) is 5.82 Å². The van der Waals surface area contributed by atoms with E-state index in [0.717, 1.165) is 37.9 Å². The summed E-state index contributed by atoms with van der Waals surface area (Å²) in [6.07, 6.45) is 2.99. The number of amides is 1. The molecule has 0 bridgehead atoms. The van der Waals surface area contributed by atoms with Crippen LogP contribution in [0.3, 0.4) is 0 Å². The lowest BCUT2D eigenvalue weighted by Crippen LogP contribution is -2.45. The molecule has 0 saturated carbocycles. The van der Waals surface area contributed by atoms with Crippen molar-refractivity contribution in [1.82, 2.24) is 10.2 Å². The Morgan fingerprint density at radius 2 is 2.10 bits per heavy atom. The Hall–Kier alpha value is -1.42. The van der Waals surface area contributed by atoms with Crippen molar-refractivity contribution in [3.63, 3.8) is 0 Å². The lowest BCUT2D eigenvalue weighted by atomic mass is 9.97. The van der Waals surface area contributed by atoms with Crippen LogP contribution in [0, 0.1) is 5.82 Å². The normalized spacial score (nSPS) is 29.9. The van der Waals surface area contributed by atoms with Crippen LogP contribution in [0.5, 0.6) is 0 Å². The molecule has 1 amide bonds. The van der Waals surface area contributed by atoms with E-state index in [1.807, 2.05) is 17.0 Å². The molecular weight excluding hydrogens is 255 g/mol. The molecule has 3 rings (SSSR count). The number of halogens is 1. The number of nitrogens with one attached hydrogen (secondary N) is 1. The molecule has 3 nitrogen and oxygen atoms in total. The molecule has 108 valence electrons. The van der Waals surface area contributed by atoms with Gasteiger partial charge in [0.25, 0.3) is 0 Å². The zero-order valence-corrected chi connectivity index (χ0v) is 11.8. The second-order valence-electron chi connectivity index (χ2n) is 5.97. The van der Waals surface area contributed by atoms with Crippen LogP contribution in [-0.4, -0.2) is 36.0 Å². The maximum Gasteiger partial charge on any atom is 0.239 e. The van der Waals surface area contributed by atoms with Crippen molar-refractivity contribution in [2.24, 2.45) is 0 Å². The lowest BCUT2D eigenvalue weighted by Gasteiger charge is -2.25. The topological polar surface area (TPSA) is 32.3 Å². The summed E-state index contributed by atoms with van der Waals surface area (Å²) in [5.41, 5.74) is 1.13. The van der Waals surface area contributed by atoms with Crippen LogP contribution in [0.4, 0.5) is 4.39 Å². The van der Waals surface area contributed by atoms with Crippen molar-refractivity contribution in [3.05, 3.63) is 35.6 Å². The van der Waals surface area contributed by atoms with E-state index in [4.69, 9.17) is 0 Å². The van der Waals surface area contributed by atoms with Crippen LogP contribution in [0.1, 0.15) is 37.7 Å². The van der Waals surface area contributed by atoms with E-state index in [0.29, 0.717) is 5.92 Å². The Bertz CT molecular complexity index is 482. The fourth-order valence-electron chi connectivity index (χ4n) is 3.41. The number of hydrogen-bond donors (Lipinski definition) is 1. The lowest BCUT2D eigenvalue weighted by molar-refractivity contribution is -0.133. The number of rotatable bonds is 2. The zero-order valence-electron chi connectivity index (χ0n) is 11.8. The van der Waals surface area contributed by atoms with Gasteiger partial charge < -0.3 is 10.2 Å². The number of hydrogen-bond acceptors (Lipinski definition) is 2. The minimum absolute atomic E-state index is 0.00409. The third kappa shape index (κ3) is 2.57. The van der Waals surface area contributed by atoms with Crippen molar-refractivity contribution < 1.29 is 9.18 Å². The van der Waals surface area contributed by atoms with E-state index >= 15 is 0 Å². The van der Waals surface area contributed by atoms with Gasteiger partial charge in [-0.05, 0) is 50.4 Å². The van der Waals surface area contributed by atoms with E-state index in [1.165, 1.54) is 12.1 Å². The van der Waals surface area contributed by atoms with Crippen LogP contribution >= 0.6 is 0 Å². The molecule has 1 N–H and O–H groups in total. The SMILES string of the molecule is C[C@@H]1C[C@@H](c2ccc(F)cc2)CN1C(=O)[C@@H]1CCCN1. The molecular formula is C16H21FN2O. The highest BCUT2D eigenvalue weighted by atomic mass is 19.1. The van der Waals surface area contributed by atoms with Crippen LogP contribution in [0.2, 0.25) is 0 Å². The van der Waals surface area contributed by atoms with Crippen molar-refractivity contribution >= 4 is 5.91 Å². The second-order valence-corrected chi connectivity index (χ2v) is 5.97. The first-order chi connectivity index (χ1) is 9.65. The maximum absolute atomic E-state index is 13.0. The van der Waals surface area contributed by atoms with Gasteiger partial charge in [-0.15, -0.1) is 0 Å². The molecule has 2 aliphatic rings. The van der Waals surface area contributed by atoms with E-state index < -0.39 is 0 Å². The van der Waals surface area contributed by atoms with E-state index in [9.17, 15) is 9.18 Å². The van der Waals surface area contributed by atoms with E-state index in [2.05, 4.69) is 12.2 Å². The van der Waals surface area contributed by atoms with Crippen LogP contribution < -0.4 is 5.32 Å². The summed E-state index contributed by atoms with van der Waals surface area (Å²) in [6.45, 7) is 3.81. The molecule has 0 radical (unpaired) electrons. The summed E-state index contributed by atoms with van der Waals surface area (Å²) in [4.78, 5) is 14.5. The number of likely N-dealkylation sites (tertiary alicyclic amines) is 1. The van der Waals surface area contributed by atoms with Crippen molar-refractivity contribution in [2.75, 3.05) is 13.1 Å². The van der Waals surface area contributed by atoms with Gasteiger partial charge in [-0.2, -0.15) is 0 Å². The molecule has 3 atom stereocenters. The van der Waals surface area contributed by atoms with Gasteiger partial charge >= 0.3 is 0 Å². The minimum atomic E-state index is -0.206. The van der Waals surface area contributed by atoms with Gasteiger partial charge in [0.05, 0.1) is 6.04 Å². The molecule has 0 aliphatic carbocycles. The third-order valence-electron chi connectivity index (χ3n) is 4.56. The average molecular weight is 276 g/mol. The van der Waals surface area contributed by atoms with Crippen LogP contribution in [0.25, 0.3) is 0 Å². The third-order valence-corrected chi connectivity index (χ3v) is 4.56. The van der Waals surface area contributed by atoms with Crippen LogP contribution in [-0.2, 0) is 4.79 Å². The van der Waals surface area contributed by atoms with E-state index in [1.54, 1.807) is 0 Å². The first-order valence-electron chi connectivity index (χ1n) is 7.44. The average Bonchev–Trinajstić information content (AvgIpc) is 3.08. The molecule has 2 heterocycles. The Kier molecular flexibility index (Phi) is 3.74. The van der Waals surface area contributed by atoms with E-state index in [-0.39, 0.29) is 23.8 Å². The minimum Gasteiger partial charge on any atom is -0.338 e. The summed E-state index contributed by atoms with van der Waals surface area (Å²) in [7, 11) is 0. The molecule has 2 aliphatic heterocycles. The molecule has 2 saturated heterocycles. The van der Waals surface area contributed by atoms with Crippen molar-refractivity contribution in [2.45, 2.75) is 44.2 Å². The quantitative estimate of drug-likeness (QED) is 0.899. The Balaban J connectivity index is 1.69. The number of benzene rings is 1. The second kappa shape index (κ2) is 5.52. The Labute approximate surface area is 119 Å². The first-order valence-corrected chi connectivity index (χ1v) is 7.44. The molecule has 4 heteroatoms. The molecule has 0 aromatic heterocycles. The summed E-state index contributed by atoms with van der Waals surface area (Å²) < 4.78 is 13.0. The number of carbonyl (C=O) groups is 1. The molecule has 1 aromatic rings. The highest BCUT2D eigenvalue weighted by Gasteiger charge is 2.36. The summed E-state index contributed by atoms with van der Waals surface area (Å²) in [5.74, 6) is 0.360. The largest absolute Gasteiger partial charge is 0.338 e. The smallest absolute Gasteiger partial charge is 0.239 e. The van der Waals surface area contributed by atoms with Gasteiger partial charge in [-0.1, -0.05) is 12.1 Å². The fourth-order valence-corrected chi connectivity index (χ4v) is 3.41. The maximum atomic E-state index is 13.0. The molecule has 20 heavy (non-hydrogen) atoms.